The number of sulfonamides is 1. The van der Waals surface area contributed by atoms with Crippen molar-refractivity contribution in [2.45, 2.75) is 30.3 Å². The molecule has 0 bridgehead atoms. The summed E-state index contributed by atoms with van der Waals surface area (Å²) in [7, 11) is -3.61. The van der Waals surface area contributed by atoms with Gasteiger partial charge >= 0.3 is 6.18 Å². The summed E-state index contributed by atoms with van der Waals surface area (Å²) >= 11 is 0. The third-order valence-corrected chi connectivity index (χ3v) is 5.71. The second-order valence-electron chi connectivity index (χ2n) is 5.92. The van der Waals surface area contributed by atoms with E-state index in [4.69, 9.17) is 0 Å². The van der Waals surface area contributed by atoms with Crippen LogP contribution in [0.4, 0.5) is 13.2 Å². The fourth-order valence-corrected chi connectivity index (χ4v) is 4.10. The van der Waals surface area contributed by atoms with Crippen LogP contribution >= 0.6 is 0 Å². The van der Waals surface area contributed by atoms with Gasteiger partial charge in [0.05, 0.1) is 4.90 Å². The van der Waals surface area contributed by atoms with Crippen molar-refractivity contribution in [3.05, 3.63) is 29.8 Å². The zero-order valence-electron chi connectivity index (χ0n) is 14.1. The van der Waals surface area contributed by atoms with E-state index < -0.39 is 28.7 Å². The fourth-order valence-electron chi connectivity index (χ4n) is 2.54. The monoisotopic (exact) mass is 394 g/mol. The number of carbonyl (C=O) groups excluding carboxylic acids is 1. The predicted molar refractivity (Wildman–Crippen MR) is 88.3 cm³/mol. The van der Waals surface area contributed by atoms with Gasteiger partial charge in [0, 0.05) is 31.8 Å². The van der Waals surface area contributed by atoms with Gasteiger partial charge in [0.1, 0.15) is 6.61 Å². The van der Waals surface area contributed by atoms with Crippen LogP contribution in [0.5, 0.6) is 0 Å². The first-order valence-electron chi connectivity index (χ1n) is 8.23. The molecule has 1 aromatic rings. The van der Waals surface area contributed by atoms with Crippen LogP contribution in [0.15, 0.2) is 29.2 Å². The van der Waals surface area contributed by atoms with Crippen molar-refractivity contribution in [2.75, 3.05) is 32.8 Å². The Hall–Kier alpha value is -1.65. The van der Waals surface area contributed by atoms with Gasteiger partial charge in [-0.3, -0.25) is 4.79 Å². The Bertz CT molecular complexity index is 716. The van der Waals surface area contributed by atoms with Gasteiger partial charge in [-0.15, -0.1) is 0 Å². The molecule has 0 unspecified atom stereocenters. The molecule has 1 amide bonds. The third-order valence-electron chi connectivity index (χ3n) is 3.82. The van der Waals surface area contributed by atoms with E-state index in [0.717, 1.165) is 12.8 Å². The van der Waals surface area contributed by atoms with Gasteiger partial charge in [-0.05, 0) is 37.5 Å². The molecular weight excluding hydrogens is 373 g/mol. The summed E-state index contributed by atoms with van der Waals surface area (Å²) < 4.78 is 66.6. The standard InChI is InChI=1S/C16H21F3N2O4S/c17-16(18,19)12-25-10-4-7-20-15(22)13-5-3-6-14(11-13)26(23,24)21-8-1-2-9-21/h3,5-6,11H,1-2,4,7-10,12H2,(H,20,22). The molecule has 1 heterocycles. The molecule has 1 aliphatic heterocycles. The molecule has 10 heteroatoms. The van der Waals surface area contributed by atoms with E-state index in [1.54, 1.807) is 0 Å². The number of rotatable bonds is 8. The van der Waals surface area contributed by atoms with Crippen LogP contribution < -0.4 is 5.32 Å². The fraction of sp³-hybridized carbons (Fsp3) is 0.562. The van der Waals surface area contributed by atoms with Gasteiger partial charge in [0.15, 0.2) is 0 Å². The van der Waals surface area contributed by atoms with E-state index >= 15 is 0 Å². The first-order valence-corrected chi connectivity index (χ1v) is 9.67. The highest BCUT2D eigenvalue weighted by molar-refractivity contribution is 7.89. The summed E-state index contributed by atoms with van der Waals surface area (Å²) in [6.45, 7) is -0.395. The molecule has 26 heavy (non-hydrogen) atoms. The number of hydrogen-bond acceptors (Lipinski definition) is 4. The number of hydrogen-bond donors (Lipinski definition) is 1. The smallest absolute Gasteiger partial charge is 0.372 e. The largest absolute Gasteiger partial charge is 0.411 e. The van der Waals surface area contributed by atoms with Crippen molar-refractivity contribution in [3.8, 4) is 0 Å². The molecule has 0 radical (unpaired) electrons. The van der Waals surface area contributed by atoms with Crippen LogP contribution in [0.25, 0.3) is 0 Å². The number of alkyl halides is 3. The Morgan fingerprint density at radius 2 is 1.92 bits per heavy atom. The van der Waals surface area contributed by atoms with Gasteiger partial charge in [-0.25, -0.2) is 8.42 Å². The molecule has 0 aromatic heterocycles. The molecule has 1 aliphatic rings. The van der Waals surface area contributed by atoms with Gasteiger partial charge in [0.2, 0.25) is 10.0 Å². The Morgan fingerprint density at radius 1 is 1.23 bits per heavy atom. The SMILES string of the molecule is O=C(NCCCOCC(F)(F)F)c1cccc(S(=O)(=O)N2CCCC2)c1. The molecule has 1 fully saturated rings. The lowest BCUT2D eigenvalue weighted by Gasteiger charge is -2.16. The minimum Gasteiger partial charge on any atom is -0.372 e. The Balaban J connectivity index is 1.86. The van der Waals surface area contributed by atoms with Crippen LogP contribution in [-0.2, 0) is 14.8 Å². The van der Waals surface area contributed by atoms with Crippen LogP contribution in [-0.4, -0.2) is 57.7 Å². The lowest BCUT2D eigenvalue weighted by atomic mass is 10.2. The van der Waals surface area contributed by atoms with Crippen LogP contribution in [0.3, 0.4) is 0 Å². The third kappa shape index (κ3) is 5.96. The van der Waals surface area contributed by atoms with Gasteiger partial charge in [-0.1, -0.05) is 6.07 Å². The maximum absolute atomic E-state index is 12.5. The zero-order valence-corrected chi connectivity index (χ0v) is 14.9. The number of benzene rings is 1. The van der Waals surface area contributed by atoms with E-state index in [1.165, 1.54) is 28.6 Å². The highest BCUT2D eigenvalue weighted by Gasteiger charge is 2.28. The normalized spacial score (nSPS) is 16.0. The van der Waals surface area contributed by atoms with Crippen molar-refractivity contribution >= 4 is 15.9 Å². The number of halogens is 3. The van der Waals surface area contributed by atoms with Crippen molar-refractivity contribution in [3.63, 3.8) is 0 Å². The second-order valence-corrected chi connectivity index (χ2v) is 7.85. The Morgan fingerprint density at radius 3 is 2.58 bits per heavy atom. The first-order chi connectivity index (χ1) is 12.2. The van der Waals surface area contributed by atoms with Crippen LogP contribution in [0.2, 0.25) is 0 Å². The number of ether oxygens (including phenoxy) is 1. The minimum absolute atomic E-state index is 0.0561. The van der Waals surface area contributed by atoms with Crippen LogP contribution in [0, 0.1) is 0 Å². The van der Waals surface area contributed by atoms with E-state index in [-0.39, 0.29) is 30.0 Å². The number of nitrogens with zero attached hydrogens (tertiary/aromatic N) is 1. The molecule has 0 aliphatic carbocycles. The lowest BCUT2D eigenvalue weighted by molar-refractivity contribution is -0.173. The highest BCUT2D eigenvalue weighted by atomic mass is 32.2. The molecule has 1 N–H and O–H groups in total. The highest BCUT2D eigenvalue weighted by Crippen LogP contribution is 2.21. The number of nitrogens with one attached hydrogen (secondary N) is 1. The van der Waals surface area contributed by atoms with Crippen LogP contribution in [0.1, 0.15) is 29.6 Å². The maximum atomic E-state index is 12.5. The maximum Gasteiger partial charge on any atom is 0.411 e. The molecule has 0 saturated carbocycles. The average Bonchev–Trinajstić information content (AvgIpc) is 3.12. The predicted octanol–water partition coefficient (Wildman–Crippen LogP) is 2.17. The molecule has 146 valence electrons. The lowest BCUT2D eigenvalue weighted by Crippen LogP contribution is -2.29. The van der Waals surface area contributed by atoms with Gasteiger partial charge < -0.3 is 10.1 Å². The Labute approximate surface area is 150 Å². The molecule has 0 spiro atoms. The van der Waals surface area contributed by atoms with E-state index in [2.05, 4.69) is 10.1 Å². The van der Waals surface area contributed by atoms with Gasteiger partial charge in [0.25, 0.3) is 5.91 Å². The van der Waals surface area contributed by atoms with Crippen molar-refractivity contribution in [1.29, 1.82) is 0 Å². The summed E-state index contributed by atoms with van der Waals surface area (Å²) in [4.78, 5) is 12.2. The number of carbonyl (C=O) groups is 1. The average molecular weight is 394 g/mol. The molecular formula is C16H21F3N2O4S. The molecule has 6 nitrogen and oxygen atoms in total. The molecule has 1 saturated heterocycles. The quantitative estimate of drug-likeness (QED) is 0.686. The van der Waals surface area contributed by atoms with Crippen molar-refractivity contribution < 1.29 is 31.1 Å². The molecule has 0 atom stereocenters. The number of amides is 1. The summed E-state index contributed by atoms with van der Waals surface area (Å²) in [5, 5.41) is 2.54. The molecule has 2 rings (SSSR count). The summed E-state index contributed by atoms with van der Waals surface area (Å²) in [6.07, 6.45) is -2.52. The zero-order chi connectivity index (χ0) is 19.2. The summed E-state index contributed by atoms with van der Waals surface area (Å²) in [6, 6.07) is 5.72. The van der Waals surface area contributed by atoms with Gasteiger partial charge in [-0.2, -0.15) is 17.5 Å². The van der Waals surface area contributed by atoms with E-state index in [9.17, 15) is 26.4 Å². The summed E-state index contributed by atoms with van der Waals surface area (Å²) in [5.41, 5.74) is 0.182. The topological polar surface area (TPSA) is 75.7 Å². The molecule has 1 aromatic carbocycles. The first kappa shape index (κ1) is 20.7. The van der Waals surface area contributed by atoms with E-state index in [0.29, 0.717) is 13.1 Å². The summed E-state index contributed by atoms with van der Waals surface area (Å²) in [5.74, 6) is -0.487. The Kier molecular flexibility index (Phi) is 7.01. The van der Waals surface area contributed by atoms with Crippen molar-refractivity contribution in [2.24, 2.45) is 0 Å². The van der Waals surface area contributed by atoms with E-state index in [1.807, 2.05) is 0 Å². The van der Waals surface area contributed by atoms with Crippen molar-refractivity contribution in [1.82, 2.24) is 9.62 Å². The minimum atomic E-state index is -4.37. The second kappa shape index (κ2) is 8.83.